The molecule has 74 valence electrons. The highest BCUT2D eigenvalue weighted by atomic mass is 32.1. The molecule has 0 fully saturated rings. The van der Waals surface area contributed by atoms with E-state index in [1.165, 1.54) is 6.20 Å². The molecule has 7 heteroatoms. The van der Waals surface area contributed by atoms with Gasteiger partial charge < -0.3 is 0 Å². The molecule has 14 heavy (non-hydrogen) atoms. The molecular formula is C7H4F3N3S. The first-order valence-corrected chi connectivity index (χ1v) is 4.48. The minimum absolute atomic E-state index is 0.287. The van der Waals surface area contributed by atoms with E-state index >= 15 is 0 Å². The minimum Gasteiger partial charge on any atom is -0.275 e. The van der Waals surface area contributed by atoms with Crippen LogP contribution in [0.5, 0.6) is 0 Å². The zero-order chi connectivity index (χ0) is 10.2. The quantitative estimate of drug-likeness (QED) is 0.800. The van der Waals surface area contributed by atoms with Crippen LogP contribution in [-0.2, 0) is 6.18 Å². The van der Waals surface area contributed by atoms with Crippen molar-refractivity contribution in [2.45, 2.75) is 6.18 Å². The van der Waals surface area contributed by atoms with E-state index in [1.54, 1.807) is 6.07 Å². The van der Waals surface area contributed by atoms with Gasteiger partial charge in [-0.05, 0) is 6.07 Å². The van der Waals surface area contributed by atoms with Crippen molar-refractivity contribution < 1.29 is 13.2 Å². The Morgan fingerprint density at radius 1 is 1.36 bits per heavy atom. The van der Waals surface area contributed by atoms with Crippen molar-refractivity contribution in [3.63, 3.8) is 0 Å². The summed E-state index contributed by atoms with van der Waals surface area (Å²) >= 11 is 0.932. The van der Waals surface area contributed by atoms with Gasteiger partial charge in [0.1, 0.15) is 5.01 Å². The van der Waals surface area contributed by atoms with Crippen LogP contribution in [-0.4, -0.2) is 15.2 Å². The van der Waals surface area contributed by atoms with E-state index < -0.39 is 11.9 Å². The lowest BCUT2D eigenvalue weighted by Gasteiger charge is -1.99. The van der Waals surface area contributed by atoms with E-state index in [9.17, 15) is 13.2 Å². The van der Waals surface area contributed by atoms with E-state index in [2.05, 4.69) is 15.2 Å². The van der Waals surface area contributed by atoms with Crippen LogP contribution in [0.4, 0.5) is 13.2 Å². The summed E-state index contributed by atoms with van der Waals surface area (Å²) in [5, 5.41) is 7.45. The Morgan fingerprint density at radius 3 is 2.64 bits per heavy atom. The van der Waals surface area contributed by atoms with Crippen molar-refractivity contribution in [1.29, 1.82) is 0 Å². The van der Waals surface area contributed by atoms with Crippen molar-refractivity contribution in [3.8, 4) is 10.7 Å². The molecule has 3 nitrogen and oxygen atoms in total. The number of rotatable bonds is 1. The van der Waals surface area contributed by atoms with Gasteiger partial charge in [0, 0.05) is 11.6 Å². The van der Waals surface area contributed by atoms with E-state index in [1.807, 2.05) is 0 Å². The molecule has 0 saturated carbocycles. The summed E-state index contributed by atoms with van der Waals surface area (Å²) in [7, 11) is 0. The number of nitrogens with zero attached hydrogens (tertiary/aromatic N) is 2. The van der Waals surface area contributed by atoms with Gasteiger partial charge in [0.2, 0.25) is 0 Å². The standard InChI is InChI=1S/C7H4F3N3S/c8-7(9,10)5-3-14-6(12-5)4-1-2-11-13-4/h1-3H,(H,11,13). The Hall–Kier alpha value is -1.37. The maximum Gasteiger partial charge on any atom is 0.434 e. The molecule has 0 aliphatic heterocycles. The van der Waals surface area contributed by atoms with E-state index in [0.717, 1.165) is 16.7 Å². The second kappa shape index (κ2) is 3.09. The Kier molecular flexibility index (Phi) is 2.03. The van der Waals surface area contributed by atoms with Crippen LogP contribution in [0.25, 0.3) is 10.7 Å². The maximum atomic E-state index is 12.2. The molecule has 1 N–H and O–H groups in total. The van der Waals surface area contributed by atoms with Crippen LogP contribution >= 0.6 is 11.3 Å². The second-order valence-electron chi connectivity index (χ2n) is 2.51. The summed E-state index contributed by atoms with van der Waals surface area (Å²) in [4.78, 5) is 3.45. The molecule has 2 aromatic heterocycles. The fraction of sp³-hybridized carbons (Fsp3) is 0.143. The molecule has 2 heterocycles. The van der Waals surface area contributed by atoms with Gasteiger partial charge in [0.25, 0.3) is 0 Å². The van der Waals surface area contributed by atoms with E-state index in [4.69, 9.17) is 0 Å². The third kappa shape index (κ3) is 1.63. The highest BCUT2D eigenvalue weighted by molar-refractivity contribution is 7.13. The number of nitrogens with one attached hydrogen (secondary N) is 1. The van der Waals surface area contributed by atoms with Crippen LogP contribution < -0.4 is 0 Å². The van der Waals surface area contributed by atoms with Gasteiger partial charge in [-0.15, -0.1) is 11.3 Å². The summed E-state index contributed by atoms with van der Waals surface area (Å²) in [6.07, 6.45) is -2.92. The zero-order valence-electron chi connectivity index (χ0n) is 6.67. The predicted molar refractivity (Wildman–Crippen MR) is 44.7 cm³/mol. The SMILES string of the molecule is FC(F)(F)c1csc(-c2ccn[nH]2)n1. The number of halogens is 3. The van der Waals surface area contributed by atoms with Crippen LogP contribution in [0, 0.1) is 0 Å². The summed E-state index contributed by atoms with van der Waals surface area (Å²) < 4.78 is 36.5. The van der Waals surface area contributed by atoms with Gasteiger partial charge in [0.05, 0.1) is 5.69 Å². The average Bonchev–Trinajstić information content (AvgIpc) is 2.73. The third-order valence-corrected chi connectivity index (χ3v) is 2.40. The maximum absolute atomic E-state index is 12.2. The number of H-pyrrole nitrogens is 1. The molecule has 0 spiro atoms. The molecule has 0 radical (unpaired) electrons. The van der Waals surface area contributed by atoms with Crippen molar-refractivity contribution in [2.75, 3.05) is 0 Å². The molecule has 0 atom stereocenters. The molecule has 2 rings (SSSR count). The number of alkyl halides is 3. The fourth-order valence-electron chi connectivity index (χ4n) is 0.903. The predicted octanol–water partition coefficient (Wildman–Crippen LogP) is 2.55. The summed E-state index contributed by atoms with van der Waals surface area (Å²) in [6, 6.07) is 1.57. The van der Waals surface area contributed by atoms with Gasteiger partial charge in [-0.1, -0.05) is 0 Å². The lowest BCUT2D eigenvalue weighted by molar-refractivity contribution is -0.140. The van der Waals surface area contributed by atoms with E-state index in [-0.39, 0.29) is 5.01 Å². The molecule has 0 unspecified atom stereocenters. The van der Waals surface area contributed by atoms with Crippen molar-refractivity contribution >= 4 is 11.3 Å². The molecular weight excluding hydrogens is 215 g/mol. The van der Waals surface area contributed by atoms with Crippen LogP contribution in [0.2, 0.25) is 0 Å². The number of aromatic nitrogens is 3. The molecule has 0 aromatic carbocycles. The molecule has 0 amide bonds. The van der Waals surface area contributed by atoms with Gasteiger partial charge in [-0.3, -0.25) is 5.10 Å². The summed E-state index contributed by atoms with van der Waals surface area (Å²) in [5.74, 6) is 0. The summed E-state index contributed by atoms with van der Waals surface area (Å²) in [6.45, 7) is 0. The normalized spacial score (nSPS) is 11.9. The Morgan fingerprint density at radius 2 is 2.14 bits per heavy atom. The second-order valence-corrected chi connectivity index (χ2v) is 3.36. The van der Waals surface area contributed by atoms with Crippen LogP contribution in [0.1, 0.15) is 5.69 Å². The lowest BCUT2D eigenvalue weighted by Crippen LogP contribution is -2.04. The van der Waals surface area contributed by atoms with Crippen molar-refractivity contribution in [2.24, 2.45) is 0 Å². The minimum atomic E-state index is -4.38. The van der Waals surface area contributed by atoms with Gasteiger partial charge in [-0.2, -0.15) is 18.3 Å². The molecule has 0 bridgehead atoms. The van der Waals surface area contributed by atoms with Gasteiger partial charge >= 0.3 is 6.18 Å². The molecule has 0 aliphatic carbocycles. The monoisotopic (exact) mass is 219 g/mol. The van der Waals surface area contributed by atoms with Crippen LogP contribution in [0.3, 0.4) is 0 Å². The first-order valence-electron chi connectivity index (χ1n) is 3.60. The van der Waals surface area contributed by atoms with Gasteiger partial charge in [0.15, 0.2) is 5.69 Å². The zero-order valence-corrected chi connectivity index (χ0v) is 7.49. The largest absolute Gasteiger partial charge is 0.434 e. The molecule has 0 saturated heterocycles. The Balaban J connectivity index is 2.36. The van der Waals surface area contributed by atoms with Crippen molar-refractivity contribution in [3.05, 3.63) is 23.3 Å². The third-order valence-electron chi connectivity index (χ3n) is 1.53. The Bertz CT molecular complexity index is 418. The topological polar surface area (TPSA) is 41.6 Å². The first kappa shape index (κ1) is 9.20. The number of hydrogen-bond donors (Lipinski definition) is 1. The number of hydrogen-bond acceptors (Lipinski definition) is 3. The summed E-state index contributed by atoms with van der Waals surface area (Å²) in [5.41, 5.74) is -0.377. The highest BCUT2D eigenvalue weighted by Gasteiger charge is 2.33. The van der Waals surface area contributed by atoms with E-state index in [0.29, 0.717) is 5.69 Å². The van der Waals surface area contributed by atoms with Crippen molar-refractivity contribution in [1.82, 2.24) is 15.2 Å². The Labute approximate surface area is 80.6 Å². The molecule has 0 aliphatic rings. The molecule has 2 aromatic rings. The smallest absolute Gasteiger partial charge is 0.275 e. The fourth-order valence-corrected chi connectivity index (χ4v) is 1.70. The average molecular weight is 219 g/mol. The number of thiazole rings is 1. The van der Waals surface area contributed by atoms with Gasteiger partial charge in [-0.25, -0.2) is 4.98 Å². The number of aromatic amines is 1. The lowest BCUT2D eigenvalue weighted by atomic mass is 10.4. The first-order chi connectivity index (χ1) is 6.57. The van der Waals surface area contributed by atoms with Crippen LogP contribution in [0.15, 0.2) is 17.6 Å². The highest BCUT2D eigenvalue weighted by Crippen LogP contribution is 2.32.